The second kappa shape index (κ2) is 7.95. The summed E-state index contributed by atoms with van der Waals surface area (Å²) < 4.78 is 12.9. The third-order valence-corrected chi connectivity index (χ3v) is 5.86. The van der Waals surface area contributed by atoms with Crippen molar-refractivity contribution in [3.8, 4) is 0 Å². The van der Waals surface area contributed by atoms with Gasteiger partial charge in [0, 0.05) is 38.3 Å². The molecule has 106 valence electrons. The molecule has 0 aliphatic heterocycles. The third-order valence-electron chi connectivity index (χ3n) is 3.27. The topological polar surface area (TPSA) is 34.1 Å². The second-order valence-corrected chi connectivity index (χ2v) is 7.90. The molecule has 2 atom stereocenters. The van der Waals surface area contributed by atoms with E-state index in [-0.39, 0.29) is 11.0 Å². The smallest absolute Gasteiger partial charge is 0.162 e. The number of benzene rings is 1. The van der Waals surface area contributed by atoms with Gasteiger partial charge in [-0.2, -0.15) is 0 Å². The first-order valence-corrected chi connectivity index (χ1v) is 8.75. The van der Waals surface area contributed by atoms with Crippen LogP contribution in [0.3, 0.4) is 0 Å². The number of carbonyl (C=O) groups excluding carboxylic acids is 1. The monoisotopic (exact) mass is 344 g/mol. The van der Waals surface area contributed by atoms with Gasteiger partial charge in [0.15, 0.2) is 5.78 Å². The van der Waals surface area contributed by atoms with Crippen LogP contribution in [0.15, 0.2) is 28.7 Å². The average Bonchev–Trinajstić information content (AvgIpc) is 2.38. The number of halogens is 1. The number of hydrogen-bond donors (Lipinski definition) is 0. The summed E-state index contributed by atoms with van der Waals surface area (Å²) in [7, 11) is -0.831. The Balaban J connectivity index is 2.39. The van der Waals surface area contributed by atoms with Crippen LogP contribution < -0.4 is 0 Å². The van der Waals surface area contributed by atoms with Crippen molar-refractivity contribution in [3.63, 3.8) is 0 Å². The molecule has 0 heterocycles. The average molecular weight is 345 g/mol. The maximum atomic E-state index is 11.9. The Morgan fingerprint density at radius 1 is 1.21 bits per heavy atom. The molecule has 2 unspecified atom stereocenters. The summed E-state index contributed by atoms with van der Waals surface area (Å²) in [4.78, 5) is 11.9. The molecule has 0 spiro atoms. The van der Waals surface area contributed by atoms with Gasteiger partial charge >= 0.3 is 0 Å². The van der Waals surface area contributed by atoms with Crippen molar-refractivity contribution in [3.05, 3.63) is 34.3 Å². The summed E-state index contributed by atoms with van der Waals surface area (Å²) in [6.45, 7) is 6.17. The van der Waals surface area contributed by atoms with Crippen molar-refractivity contribution in [1.29, 1.82) is 0 Å². The van der Waals surface area contributed by atoms with Gasteiger partial charge in [-0.05, 0) is 24.5 Å². The lowest BCUT2D eigenvalue weighted by Gasteiger charge is -2.14. The van der Waals surface area contributed by atoms with E-state index >= 15 is 0 Å². The lowest BCUT2D eigenvalue weighted by atomic mass is 10.1. The van der Waals surface area contributed by atoms with Crippen molar-refractivity contribution in [2.45, 2.75) is 38.9 Å². The minimum absolute atomic E-state index is 0.127. The van der Waals surface area contributed by atoms with Gasteiger partial charge in [0.1, 0.15) is 0 Å². The predicted molar refractivity (Wildman–Crippen MR) is 85.0 cm³/mol. The molecule has 1 aromatic rings. The number of hydrogen-bond acceptors (Lipinski definition) is 2. The first-order valence-electron chi connectivity index (χ1n) is 6.57. The maximum Gasteiger partial charge on any atom is 0.162 e. The fourth-order valence-corrected chi connectivity index (χ4v) is 3.32. The van der Waals surface area contributed by atoms with Crippen LogP contribution in [0.2, 0.25) is 0 Å². The van der Waals surface area contributed by atoms with Crippen LogP contribution in [0.1, 0.15) is 44.0 Å². The van der Waals surface area contributed by atoms with Crippen LogP contribution in [0.4, 0.5) is 0 Å². The molecule has 0 fully saturated rings. The van der Waals surface area contributed by atoms with E-state index in [1.807, 2.05) is 31.2 Å². The zero-order valence-corrected chi connectivity index (χ0v) is 14.1. The Labute approximate surface area is 126 Å². The molecule has 1 rings (SSSR count). The number of carbonyl (C=O) groups is 1. The predicted octanol–water partition coefficient (Wildman–Crippen LogP) is 4.21. The summed E-state index contributed by atoms with van der Waals surface area (Å²) in [6.07, 6.45) is 1.16. The van der Waals surface area contributed by atoms with Crippen molar-refractivity contribution in [2.24, 2.45) is 5.92 Å². The molecule has 0 aliphatic carbocycles. The van der Waals surface area contributed by atoms with Gasteiger partial charge in [-0.25, -0.2) is 0 Å². The van der Waals surface area contributed by atoms with Crippen LogP contribution in [-0.4, -0.2) is 21.0 Å². The molecule has 4 heteroatoms. The maximum absolute atomic E-state index is 11.9. The fraction of sp³-hybridized carbons (Fsp3) is 0.533. The normalized spacial score (nSPS) is 14.4. The van der Waals surface area contributed by atoms with E-state index in [1.54, 1.807) is 0 Å². The van der Waals surface area contributed by atoms with E-state index in [0.717, 1.165) is 10.0 Å². The van der Waals surface area contributed by atoms with Crippen molar-refractivity contribution in [1.82, 2.24) is 0 Å². The van der Waals surface area contributed by atoms with Crippen LogP contribution in [0.25, 0.3) is 0 Å². The van der Waals surface area contributed by atoms with E-state index in [0.29, 0.717) is 24.5 Å². The van der Waals surface area contributed by atoms with Crippen LogP contribution >= 0.6 is 15.9 Å². The highest BCUT2D eigenvalue weighted by Gasteiger charge is 2.15. The highest BCUT2D eigenvalue weighted by atomic mass is 79.9. The van der Waals surface area contributed by atoms with Gasteiger partial charge in [0.05, 0.1) is 0 Å². The molecular formula is C15H21BrO2S. The summed E-state index contributed by atoms with van der Waals surface area (Å²) in [5.74, 6) is 1.16. The molecule has 0 aliphatic rings. The Morgan fingerprint density at radius 3 is 2.32 bits per heavy atom. The largest absolute Gasteiger partial charge is 0.294 e. The quantitative estimate of drug-likeness (QED) is 0.694. The molecule has 0 bridgehead atoms. The van der Waals surface area contributed by atoms with Gasteiger partial charge < -0.3 is 0 Å². The van der Waals surface area contributed by atoms with Crippen LogP contribution in [-0.2, 0) is 10.8 Å². The summed E-state index contributed by atoms with van der Waals surface area (Å²) in [5.41, 5.74) is 0.728. The minimum atomic E-state index is -0.831. The summed E-state index contributed by atoms with van der Waals surface area (Å²) in [5, 5.41) is 0.197. The molecule has 19 heavy (non-hydrogen) atoms. The summed E-state index contributed by atoms with van der Waals surface area (Å²) in [6, 6.07) is 7.37. The first kappa shape index (κ1) is 16.6. The van der Waals surface area contributed by atoms with Crippen LogP contribution in [0.5, 0.6) is 0 Å². The van der Waals surface area contributed by atoms with Gasteiger partial charge in [0.25, 0.3) is 0 Å². The molecule has 2 nitrogen and oxygen atoms in total. The highest BCUT2D eigenvalue weighted by Crippen LogP contribution is 2.14. The third kappa shape index (κ3) is 5.57. The van der Waals surface area contributed by atoms with Crippen LogP contribution in [0, 0.1) is 5.92 Å². The highest BCUT2D eigenvalue weighted by molar-refractivity contribution is 9.10. The van der Waals surface area contributed by atoms with Gasteiger partial charge in [-0.3, -0.25) is 9.00 Å². The zero-order valence-electron chi connectivity index (χ0n) is 11.7. The summed E-state index contributed by atoms with van der Waals surface area (Å²) >= 11 is 3.34. The Bertz CT molecular complexity index is 440. The Morgan fingerprint density at radius 2 is 1.79 bits per heavy atom. The van der Waals surface area contributed by atoms with E-state index < -0.39 is 10.8 Å². The standard InChI is InChI=1S/C15H21BrO2S/c1-11(2)12(3)19(18)10-4-5-15(17)13-6-8-14(16)9-7-13/h6-9,11-12H,4-5,10H2,1-3H3. The van der Waals surface area contributed by atoms with E-state index in [9.17, 15) is 9.00 Å². The number of rotatable bonds is 7. The molecule has 0 saturated heterocycles. The Hall–Kier alpha value is -0.480. The van der Waals surface area contributed by atoms with Crippen molar-refractivity contribution in [2.75, 3.05) is 5.75 Å². The molecule has 0 amide bonds. The molecule has 0 saturated carbocycles. The Kier molecular flexibility index (Phi) is 6.94. The van der Waals surface area contributed by atoms with Gasteiger partial charge in [-0.1, -0.05) is 48.8 Å². The van der Waals surface area contributed by atoms with Crippen molar-refractivity contribution < 1.29 is 9.00 Å². The van der Waals surface area contributed by atoms with E-state index in [1.165, 1.54) is 0 Å². The molecular weight excluding hydrogens is 324 g/mol. The second-order valence-electron chi connectivity index (χ2n) is 5.07. The molecule has 1 aromatic carbocycles. The number of Topliss-reactive ketones (excluding diaryl/α,β-unsaturated/α-hetero) is 1. The van der Waals surface area contributed by atoms with E-state index in [4.69, 9.17) is 0 Å². The molecule has 0 aromatic heterocycles. The van der Waals surface area contributed by atoms with E-state index in [2.05, 4.69) is 29.8 Å². The fourth-order valence-electron chi connectivity index (χ4n) is 1.64. The SMILES string of the molecule is CC(C)C(C)S(=O)CCCC(=O)c1ccc(Br)cc1. The molecule has 0 N–H and O–H groups in total. The van der Waals surface area contributed by atoms with Gasteiger partial charge in [-0.15, -0.1) is 0 Å². The first-order chi connectivity index (χ1) is 8.91. The minimum Gasteiger partial charge on any atom is -0.294 e. The zero-order chi connectivity index (χ0) is 14.4. The van der Waals surface area contributed by atoms with Crippen molar-refractivity contribution >= 4 is 32.5 Å². The van der Waals surface area contributed by atoms with Gasteiger partial charge in [0.2, 0.25) is 0 Å². The lowest BCUT2D eigenvalue weighted by Crippen LogP contribution is -2.20. The molecule has 0 radical (unpaired) electrons. The lowest BCUT2D eigenvalue weighted by molar-refractivity contribution is 0.0982. The number of ketones is 1.